The van der Waals surface area contributed by atoms with Crippen molar-refractivity contribution in [3.63, 3.8) is 0 Å². The number of carbonyl (C=O) groups is 1. The second-order valence-corrected chi connectivity index (χ2v) is 8.68. The van der Waals surface area contributed by atoms with E-state index < -0.39 is 5.60 Å². The van der Waals surface area contributed by atoms with Gasteiger partial charge >= 0.3 is 6.09 Å². The Hall–Kier alpha value is -2.32. The summed E-state index contributed by atoms with van der Waals surface area (Å²) in [5.74, 6) is 0.737. The summed E-state index contributed by atoms with van der Waals surface area (Å²) in [7, 11) is 1.74. The first-order chi connectivity index (χ1) is 14.8. The van der Waals surface area contributed by atoms with Gasteiger partial charge < -0.3 is 25.0 Å². The fourth-order valence-corrected chi connectivity index (χ4v) is 3.15. The van der Waals surface area contributed by atoms with Crippen molar-refractivity contribution >= 4 is 12.1 Å². The first-order valence-electron chi connectivity index (χ1n) is 11.1. The van der Waals surface area contributed by atoms with E-state index in [4.69, 9.17) is 14.5 Å². The molecule has 1 aromatic carbocycles. The van der Waals surface area contributed by atoms with Crippen LogP contribution < -0.4 is 10.6 Å². The van der Waals surface area contributed by atoms with Gasteiger partial charge in [-0.05, 0) is 38.8 Å². The van der Waals surface area contributed by atoms with Crippen molar-refractivity contribution in [1.82, 2.24) is 20.4 Å². The van der Waals surface area contributed by atoms with E-state index in [0.29, 0.717) is 19.6 Å². The molecule has 0 aliphatic carbocycles. The summed E-state index contributed by atoms with van der Waals surface area (Å²) in [4.78, 5) is 20.8. The molecule has 0 bridgehead atoms. The van der Waals surface area contributed by atoms with E-state index in [1.165, 1.54) is 11.1 Å². The van der Waals surface area contributed by atoms with Crippen LogP contribution in [0.25, 0.3) is 0 Å². The smallest absolute Gasteiger partial charge is 0.410 e. The number of nitrogens with zero attached hydrogens (tertiary/aromatic N) is 3. The Morgan fingerprint density at radius 2 is 1.87 bits per heavy atom. The maximum Gasteiger partial charge on any atom is 0.410 e. The zero-order valence-corrected chi connectivity index (χ0v) is 19.7. The third-order valence-corrected chi connectivity index (χ3v) is 4.81. The molecule has 174 valence electrons. The van der Waals surface area contributed by atoms with E-state index in [9.17, 15) is 4.79 Å². The average Bonchev–Trinajstić information content (AvgIpc) is 2.72. The van der Waals surface area contributed by atoms with Crippen LogP contribution in [-0.4, -0.2) is 80.4 Å². The second-order valence-electron chi connectivity index (χ2n) is 8.68. The van der Waals surface area contributed by atoms with Crippen LogP contribution in [0.1, 0.15) is 38.8 Å². The molecule has 8 heteroatoms. The van der Waals surface area contributed by atoms with E-state index >= 15 is 0 Å². The number of ether oxygens (including phenoxy) is 2. The van der Waals surface area contributed by atoms with E-state index in [1.54, 1.807) is 11.9 Å². The first-order valence-corrected chi connectivity index (χ1v) is 11.1. The third kappa shape index (κ3) is 9.57. The molecule has 1 fully saturated rings. The number of carbonyl (C=O) groups excluding carboxylic acids is 1. The molecule has 0 spiro atoms. The SMILES string of the molecule is CCNC(=NCc1ccccc1CN1CCOCC1)NCCN(C)C(=O)OC(C)(C)C. The molecule has 1 aromatic rings. The molecule has 0 atom stereocenters. The summed E-state index contributed by atoms with van der Waals surface area (Å²) < 4.78 is 10.8. The minimum absolute atomic E-state index is 0.326. The molecule has 8 nitrogen and oxygen atoms in total. The van der Waals surface area contributed by atoms with Gasteiger partial charge in [0.15, 0.2) is 5.96 Å². The highest BCUT2D eigenvalue weighted by molar-refractivity contribution is 5.79. The Balaban J connectivity index is 1.90. The van der Waals surface area contributed by atoms with Gasteiger partial charge in [-0.3, -0.25) is 4.90 Å². The van der Waals surface area contributed by atoms with Crippen molar-refractivity contribution < 1.29 is 14.3 Å². The minimum atomic E-state index is -0.496. The van der Waals surface area contributed by atoms with Gasteiger partial charge in [-0.2, -0.15) is 0 Å². The molecule has 0 aromatic heterocycles. The molecular formula is C23H39N5O3. The highest BCUT2D eigenvalue weighted by Crippen LogP contribution is 2.14. The maximum atomic E-state index is 12.1. The molecule has 2 N–H and O–H groups in total. The van der Waals surface area contributed by atoms with Crippen molar-refractivity contribution in [2.24, 2.45) is 4.99 Å². The van der Waals surface area contributed by atoms with Gasteiger partial charge in [-0.25, -0.2) is 9.79 Å². The van der Waals surface area contributed by atoms with Gasteiger partial charge in [0.05, 0.1) is 19.8 Å². The quantitative estimate of drug-likeness (QED) is 0.484. The van der Waals surface area contributed by atoms with Gasteiger partial charge in [-0.1, -0.05) is 24.3 Å². The summed E-state index contributed by atoms with van der Waals surface area (Å²) in [6.07, 6.45) is -0.326. The number of rotatable bonds is 8. The van der Waals surface area contributed by atoms with E-state index in [2.05, 4.69) is 39.8 Å². The number of benzene rings is 1. The van der Waals surface area contributed by atoms with Crippen molar-refractivity contribution in [2.45, 2.75) is 46.4 Å². The van der Waals surface area contributed by atoms with E-state index in [0.717, 1.165) is 45.4 Å². The molecule has 0 radical (unpaired) electrons. The van der Waals surface area contributed by atoms with E-state index in [-0.39, 0.29) is 6.09 Å². The standard InChI is InChI=1S/C23H39N5O3/c1-6-24-21(25-11-12-27(5)22(29)31-23(2,3)4)26-17-19-9-7-8-10-20(19)18-28-13-15-30-16-14-28/h7-10H,6,11-18H2,1-5H3,(H2,24,25,26). The van der Waals surface area contributed by atoms with Gasteiger partial charge in [0, 0.05) is 46.3 Å². The Morgan fingerprint density at radius 1 is 1.19 bits per heavy atom. The largest absolute Gasteiger partial charge is 0.444 e. The monoisotopic (exact) mass is 433 g/mol. The molecule has 0 saturated carbocycles. The van der Waals surface area contributed by atoms with Crippen LogP contribution in [0.15, 0.2) is 29.3 Å². The van der Waals surface area contributed by atoms with Gasteiger partial charge in [-0.15, -0.1) is 0 Å². The van der Waals surface area contributed by atoms with Crippen LogP contribution >= 0.6 is 0 Å². The van der Waals surface area contributed by atoms with Crippen LogP contribution in [0.5, 0.6) is 0 Å². The number of hydrogen-bond donors (Lipinski definition) is 2. The predicted octanol–water partition coefficient (Wildman–Crippen LogP) is 2.44. The average molecular weight is 434 g/mol. The predicted molar refractivity (Wildman–Crippen MR) is 124 cm³/mol. The number of morpholine rings is 1. The molecule has 1 aliphatic rings. The van der Waals surface area contributed by atoms with Gasteiger partial charge in [0.2, 0.25) is 0 Å². The Bertz CT molecular complexity index is 711. The molecule has 1 saturated heterocycles. The lowest BCUT2D eigenvalue weighted by Gasteiger charge is -2.27. The highest BCUT2D eigenvalue weighted by atomic mass is 16.6. The number of likely N-dealkylation sites (N-methyl/N-ethyl adjacent to an activating group) is 1. The molecule has 1 amide bonds. The number of aliphatic imine (C=N–C) groups is 1. The Kier molecular flexibility index (Phi) is 10.1. The normalized spacial score (nSPS) is 15.5. The Labute approximate surface area is 187 Å². The molecule has 2 rings (SSSR count). The van der Waals surface area contributed by atoms with Crippen LogP contribution in [-0.2, 0) is 22.6 Å². The van der Waals surface area contributed by atoms with Gasteiger partial charge in [0.25, 0.3) is 0 Å². The van der Waals surface area contributed by atoms with Crippen LogP contribution in [0.3, 0.4) is 0 Å². The first kappa shape index (κ1) is 24.9. The minimum Gasteiger partial charge on any atom is -0.444 e. The van der Waals surface area contributed by atoms with Crippen LogP contribution in [0, 0.1) is 0 Å². The van der Waals surface area contributed by atoms with Crippen molar-refractivity contribution in [2.75, 3.05) is 53.0 Å². The lowest BCUT2D eigenvalue weighted by atomic mass is 10.1. The van der Waals surface area contributed by atoms with Gasteiger partial charge in [0.1, 0.15) is 5.60 Å². The van der Waals surface area contributed by atoms with Crippen molar-refractivity contribution in [3.8, 4) is 0 Å². The van der Waals surface area contributed by atoms with Crippen LogP contribution in [0.2, 0.25) is 0 Å². The molecule has 1 heterocycles. The molecule has 31 heavy (non-hydrogen) atoms. The number of guanidine groups is 1. The summed E-state index contributed by atoms with van der Waals surface area (Å²) >= 11 is 0. The number of amides is 1. The fourth-order valence-electron chi connectivity index (χ4n) is 3.15. The topological polar surface area (TPSA) is 78.4 Å². The van der Waals surface area contributed by atoms with E-state index in [1.807, 2.05) is 27.7 Å². The number of hydrogen-bond acceptors (Lipinski definition) is 5. The Morgan fingerprint density at radius 3 is 2.52 bits per heavy atom. The zero-order chi connectivity index (χ0) is 22.7. The summed E-state index contributed by atoms with van der Waals surface area (Å²) in [6.45, 7) is 14.5. The van der Waals surface area contributed by atoms with Crippen molar-refractivity contribution in [3.05, 3.63) is 35.4 Å². The summed E-state index contributed by atoms with van der Waals surface area (Å²) in [5.41, 5.74) is 2.02. The number of nitrogens with one attached hydrogen (secondary N) is 2. The molecule has 0 unspecified atom stereocenters. The zero-order valence-electron chi connectivity index (χ0n) is 19.7. The molecular weight excluding hydrogens is 394 g/mol. The lowest BCUT2D eigenvalue weighted by molar-refractivity contribution is 0.0302. The van der Waals surface area contributed by atoms with Crippen LogP contribution in [0.4, 0.5) is 4.79 Å². The summed E-state index contributed by atoms with van der Waals surface area (Å²) in [5, 5.41) is 6.58. The third-order valence-electron chi connectivity index (χ3n) is 4.81. The second kappa shape index (κ2) is 12.5. The van der Waals surface area contributed by atoms with Crippen molar-refractivity contribution in [1.29, 1.82) is 0 Å². The molecule has 1 aliphatic heterocycles. The lowest BCUT2D eigenvalue weighted by Crippen LogP contribution is -2.43. The summed E-state index contributed by atoms with van der Waals surface area (Å²) in [6, 6.07) is 8.46. The fraction of sp³-hybridized carbons (Fsp3) is 0.652. The maximum absolute atomic E-state index is 12.1. The highest BCUT2D eigenvalue weighted by Gasteiger charge is 2.19.